The van der Waals surface area contributed by atoms with Crippen molar-refractivity contribution in [2.45, 2.75) is 37.6 Å². The third kappa shape index (κ3) is 3.50. The predicted molar refractivity (Wildman–Crippen MR) is 107 cm³/mol. The summed E-state index contributed by atoms with van der Waals surface area (Å²) in [5.41, 5.74) is 2.10. The largest absolute Gasteiger partial charge is 0.347 e. The van der Waals surface area contributed by atoms with Crippen LogP contribution in [0.1, 0.15) is 37.7 Å². The Bertz CT molecular complexity index is 906. The van der Waals surface area contributed by atoms with Crippen LogP contribution in [0.25, 0.3) is 0 Å². The van der Waals surface area contributed by atoms with Gasteiger partial charge in [0.1, 0.15) is 6.54 Å². The molecular formula is C22H23N3O3. The van der Waals surface area contributed by atoms with Gasteiger partial charge in [0.2, 0.25) is 17.7 Å². The first kappa shape index (κ1) is 18.2. The Labute approximate surface area is 163 Å². The van der Waals surface area contributed by atoms with Crippen LogP contribution in [0.4, 0.5) is 11.4 Å². The van der Waals surface area contributed by atoms with E-state index in [0.29, 0.717) is 11.4 Å². The van der Waals surface area contributed by atoms with Crippen LogP contribution in [0.2, 0.25) is 0 Å². The smallest absolute Gasteiger partial charge is 0.244 e. The third-order valence-corrected chi connectivity index (χ3v) is 5.55. The van der Waals surface area contributed by atoms with E-state index in [1.54, 1.807) is 12.1 Å². The molecule has 1 fully saturated rings. The Kier molecular flexibility index (Phi) is 4.86. The normalized spacial score (nSPS) is 17.1. The van der Waals surface area contributed by atoms with E-state index < -0.39 is 0 Å². The summed E-state index contributed by atoms with van der Waals surface area (Å²) in [6, 6.07) is 17.2. The van der Waals surface area contributed by atoms with Gasteiger partial charge in [-0.25, -0.2) is 0 Å². The molecule has 6 nitrogen and oxygen atoms in total. The monoisotopic (exact) mass is 377 g/mol. The van der Waals surface area contributed by atoms with E-state index in [4.69, 9.17) is 0 Å². The minimum atomic E-state index is -0.307. The van der Waals surface area contributed by atoms with Crippen LogP contribution in [0.15, 0.2) is 54.6 Å². The average molecular weight is 377 g/mol. The first-order valence-electron chi connectivity index (χ1n) is 9.63. The summed E-state index contributed by atoms with van der Waals surface area (Å²) in [6.45, 7) is -0.0224. The number of anilines is 2. The fourth-order valence-electron chi connectivity index (χ4n) is 3.91. The molecule has 2 N–H and O–H groups in total. The third-order valence-electron chi connectivity index (χ3n) is 5.55. The lowest BCUT2D eigenvalue weighted by Gasteiger charge is -2.43. The number of para-hydroxylation sites is 2. The lowest BCUT2D eigenvalue weighted by molar-refractivity contribution is -0.127. The van der Waals surface area contributed by atoms with E-state index in [9.17, 15) is 14.4 Å². The second-order valence-corrected chi connectivity index (χ2v) is 7.40. The van der Waals surface area contributed by atoms with Gasteiger partial charge < -0.3 is 15.5 Å². The lowest BCUT2D eigenvalue weighted by atomic mass is 9.71. The highest BCUT2D eigenvalue weighted by atomic mass is 16.2. The van der Waals surface area contributed by atoms with Gasteiger partial charge in [-0.2, -0.15) is 0 Å². The highest BCUT2D eigenvalue weighted by molar-refractivity contribution is 6.10. The van der Waals surface area contributed by atoms with Crippen molar-refractivity contribution in [2.24, 2.45) is 0 Å². The number of fused-ring (bicyclic) bond motifs is 1. The summed E-state index contributed by atoms with van der Waals surface area (Å²) in [4.78, 5) is 38.6. The summed E-state index contributed by atoms with van der Waals surface area (Å²) in [5, 5.41) is 5.91. The quantitative estimate of drug-likeness (QED) is 0.841. The van der Waals surface area contributed by atoms with Crippen LogP contribution >= 0.6 is 0 Å². The first-order valence-corrected chi connectivity index (χ1v) is 9.63. The molecule has 1 aliphatic carbocycles. The molecule has 6 heteroatoms. The number of nitrogens with one attached hydrogen (secondary N) is 2. The maximum atomic E-state index is 12.7. The summed E-state index contributed by atoms with van der Waals surface area (Å²) < 4.78 is 0. The zero-order valence-corrected chi connectivity index (χ0v) is 15.6. The van der Waals surface area contributed by atoms with E-state index in [1.807, 2.05) is 42.5 Å². The molecule has 1 saturated carbocycles. The van der Waals surface area contributed by atoms with Crippen LogP contribution in [-0.2, 0) is 19.9 Å². The fraction of sp³-hybridized carbons (Fsp3) is 0.318. The highest BCUT2D eigenvalue weighted by Crippen LogP contribution is 2.41. The van der Waals surface area contributed by atoms with Gasteiger partial charge >= 0.3 is 0 Å². The molecule has 2 aliphatic rings. The molecule has 3 amide bonds. The maximum absolute atomic E-state index is 12.7. The number of benzene rings is 2. The topological polar surface area (TPSA) is 78.5 Å². The van der Waals surface area contributed by atoms with Gasteiger partial charge in [-0.3, -0.25) is 14.4 Å². The molecule has 0 spiro atoms. The van der Waals surface area contributed by atoms with E-state index >= 15 is 0 Å². The number of nitrogens with zero attached hydrogens (tertiary/aromatic N) is 1. The molecule has 144 valence electrons. The summed E-state index contributed by atoms with van der Waals surface area (Å²) in [7, 11) is 0. The van der Waals surface area contributed by atoms with Crippen LogP contribution in [0.5, 0.6) is 0 Å². The van der Waals surface area contributed by atoms with Gasteiger partial charge in [0.15, 0.2) is 0 Å². The number of carbonyl (C=O) groups is 3. The van der Waals surface area contributed by atoms with Crippen LogP contribution in [0.3, 0.4) is 0 Å². The van der Waals surface area contributed by atoms with Crippen molar-refractivity contribution < 1.29 is 14.4 Å². The molecule has 4 rings (SSSR count). The second-order valence-electron chi connectivity index (χ2n) is 7.40. The molecule has 1 aliphatic heterocycles. The summed E-state index contributed by atoms with van der Waals surface area (Å²) in [6.07, 6.45) is 3.08. The van der Waals surface area contributed by atoms with Crippen molar-refractivity contribution in [3.63, 3.8) is 0 Å². The minimum Gasteiger partial charge on any atom is -0.347 e. The minimum absolute atomic E-state index is 0.0224. The van der Waals surface area contributed by atoms with Crippen LogP contribution in [0, 0.1) is 0 Å². The highest BCUT2D eigenvalue weighted by Gasteiger charge is 2.39. The standard InChI is InChI=1S/C22H23N3O3/c26-19(24-22(13-6-14-22)16-7-2-1-3-8-16)11-12-21(28)25-15-20(27)23-17-9-4-5-10-18(17)25/h1-5,7-10H,6,11-15H2,(H,23,27)(H,24,26). The van der Waals surface area contributed by atoms with Crippen LogP contribution < -0.4 is 15.5 Å². The SMILES string of the molecule is O=C1CN(C(=O)CCC(=O)NC2(c3ccccc3)CCC2)c2ccccc2N1. The number of amides is 3. The predicted octanol–water partition coefficient (Wildman–Crippen LogP) is 2.95. The Hall–Kier alpha value is -3.15. The Balaban J connectivity index is 1.39. The molecule has 0 aromatic heterocycles. The molecule has 0 saturated heterocycles. The van der Waals surface area contributed by atoms with E-state index in [0.717, 1.165) is 24.8 Å². The van der Waals surface area contributed by atoms with E-state index in [2.05, 4.69) is 10.6 Å². The van der Waals surface area contributed by atoms with Crippen molar-refractivity contribution in [1.82, 2.24) is 5.32 Å². The lowest BCUT2D eigenvalue weighted by Crippen LogP contribution is -2.51. The Morgan fingerprint density at radius 3 is 2.43 bits per heavy atom. The molecule has 0 bridgehead atoms. The summed E-state index contributed by atoms with van der Waals surface area (Å²) >= 11 is 0. The number of hydrogen-bond acceptors (Lipinski definition) is 3. The van der Waals surface area contributed by atoms with Gasteiger partial charge in [0.25, 0.3) is 0 Å². The zero-order chi connectivity index (χ0) is 19.6. The Morgan fingerprint density at radius 2 is 1.71 bits per heavy atom. The molecule has 0 atom stereocenters. The van der Waals surface area contributed by atoms with Crippen LogP contribution in [-0.4, -0.2) is 24.3 Å². The Morgan fingerprint density at radius 1 is 1.00 bits per heavy atom. The van der Waals surface area contributed by atoms with E-state index in [-0.39, 0.29) is 42.6 Å². The first-order chi connectivity index (χ1) is 13.6. The van der Waals surface area contributed by atoms with E-state index in [1.165, 1.54) is 4.90 Å². The van der Waals surface area contributed by atoms with Crippen molar-refractivity contribution in [3.05, 3.63) is 60.2 Å². The second kappa shape index (κ2) is 7.46. The molecule has 0 unspecified atom stereocenters. The van der Waals surface area contributed by atoms with Crippen molar-refractivity contribution >= 4 is 29.1 Å². The van der Waals surface area contributed by atoms with Gasteiger partial charge in [-0.05, 0) is 37.0 Å². The molecule has 2 aromatic carbocycles. The molecule has 2 aromatic rings. The fourth-order valence-corrected chi connectivity index (χ4v) is 3.91. The number of hydrogen-bond donors (Lipinski definition) is 2. The average Bonchev–Trinajstić information content (AvgIpc) is 2.69. The van der Waals surface area contributed by atoms with Gasteiger partial charge in [0, 0.05) is 12.8 Å². The van der Waals surface area contributed by atoms with Crippen molar-refractivity contribution in [3.8, 4) is 0 Å². The molecular weight excluding hydrogens is 354 g/mol. The number of carbonyl (C=O) groups excluding carboxylic acids is 3. The van der Waals surface area contributed by atoms with Gasteiger partial charge in [-0.1, -0.05) is 42.5 Å². The maximum Gasteiger partial charge on any atom is 0.244 e. The zero-order valence-electron chi connectivity index (χ0n) is 15.6. The molecule has 0 radical (unpaired) electrons. The summed E-state index contributed by atoms with van der Waals surface area (Å²) in [5.74, 6) is -0.583. The van der Waals surface area contributed by atoms with Gasteiger partial charge in [0.05, 0.1) is 16.9 Å². The van der Waals surface area contributed by atoms with Crippen molar-refractivity contribution in [1.29, 1.82) is 0 Å². The molecule has 28 heavy (non-hydrogen) atoms. The number of rotatable bonds is 5. The van der Waals surface area contributed by atoms with Crippen molar-refractivity contribution in [2.75, 3.05) is 16.8 Å². The van der Waals surface area contributed by atoms with Gasteiger partial charge in [-0.15, -0.1) is 0 Å². The molecule has 1 heterocycles.